The summed E-state index contributed by atoms with van der Waals surface area (Å²) in [5, 5.41) is 9.69. The molecule has 0 aliphatic rings. The van der Waals surface area contributed by atoms with Crippen molar-refractivity contribution in [3.63, 3.8) is 0 Å². The Bertz CT molecular complexity index is 803. The highest BCUT2D eigenvalue weighted by Gasteiger charge is 2.15. The van der Waals surface area contributed by atoms with E-state index >= 15 is 0 Å². The molecule has 3 aromatic rings. The maximum atomic E-state index is 11.4. The highest BCUT2D eigenvalue weighted by atomic mass is 16.3. The van der Waals surface area contributed by atoms with Crippen LogP contribution in [-0.4, -0.2) is 26.0 Å². The first-order chi connectivity index (χ1) is 9.66. The van der Waals surface area contributed by atoms with E-state index in [0.29, 0.717) is 11.2 Å². The fraction of sp³-hybridized carbons (Fsp3) is 0. The van der Waals surface area contributed by atoms with E-state index in [4.69, 9.17) is 5.73 Å². The standard InChI is InChI=1S/C14H10N4O2/c15-14(20)12-11(19)4-3-9-13(12)17-7-10(18-9)8-2-1-5-16-6-8/h1-7,19H,(H2,15,20). The maximum Gasteiger partial charge on any atom is 0.254 e. The van der Waals surface area contributed by atoms with Gasteiger partial charge < -0.3 is 10.8 Å². The third kappa shape index (κ3) is 1.93. The molecular formula is C14H10N4O2. The van der Waals surface area contributed by atoms with Gasteiger partial charge in [0, 0.05) is 18.0 Å². The van der Waals surface area contributed by atoms with Gasteiger partial charge in [-0.3, -0.25) is 14.8 Å². The molecule has 3 rings (SSSR count). The monoisotopic (exact) mass is 266 g/mol. The Morgan fingerprint density at radius 1 is 1.20 bits per heavy atom. The Kier molecular flexibility index (Phi) is 2.76. The summed E-state index contributed by atoms with van der Waals surface area (Å²) in [7, 11) is 0. The number of hydrogen-bond acceptors (Lipinski definition) is 5. The molecule has 1 aromatic carbocycles. The first-order valence-corrected chi connectivity index (χ1v) is 5.86. The average Bonchev–Trinajstić information content (AvgIpc) is 2.47. The Hall–Kier alpha value is -3.02. The summed E-state index contributed by atoms with van der Waals surface area (Å²) in [5.74, 6) is -0.940. The molecule has 98 valence electrons. The van der Waals surface area contributed by atoms with Crippen molar-refractivity contribution >= 4 is 16.9 Å². The molecule has 2 heterocycles. The SMILES string of the molecule is NC(=O)c1c(O)ccc2nc(-c3cccnc3)cnc12. The lowest BCUT2D eigenvalue weighted by Gasteiger charge is -2.06. The fourth-order valence-corrected chi connectivity index (χ4v) is 1.97. The van der Waals surface area contributed by atoms with Gasteiger partial charge >= 0.3 is 0 Å². The Morgan fingerprint density at radius 2 is 2.05 bits per heavy atom. The number of aromatic hydroxyl groups is 1. The lowest BCUT2D eigenvalue weighted by atomic mass is 10.1. The van der Waals surface area contributed by atoms with Crippen molar-refractivity contribution in [1.82, 2.24) is 15.0 Å². The van der Waals surface area contributed by atoms with E-state index in [1.165, 1.54) is 12.3 Å². The molecule has 0 radical (unpaired) electrons. The van der Waals surface area contributed by atoms with Gasteiger partial charge in [-0.15, -0.1) is 0 Å². The second-order valence-electron chi connectivity index (χ2n) is 4.19. The van der Waals surface area contributed by atoms with Crippen LogP contribution in [-0.2, 0) is 0 Å². The van der Waals surface area contributed by atoms with Gasteiger partial charge in [0.25, 0.3) is 5.91 Å². The van der Waals surface area contributed by atoms with Crippen LogP contribution in [0.3, 0.4) is 0 Å². The smallest absolute Gasteiger partial charge is 0.254 e. The Morgan fingerprint density at radius 3 is 2.75 bits per heavy atom. The van der Waals surface area contributed by atoms with Crippen LogP contribution in [0.1, 0.15) is 10.4 Å². The Labute approximate surface area is 113 Å². The summed E-state index contributed by atoms with van der Waals surface area (Å²) in [4.78, 5) is 24.0. The largest absolute Gasteiger partial charge is 0.507 e. The van der Waals surface area contributed by atoms with Crippen LogP contribution in [0, 0.1) is 0 Å². The highest BCUT2D eigenvalue weighted by molar-refractivity contribution is 6.06. The van der Waals surface area contributed by atoms with Gasteiger partial charge in [-0.1, -0.05) is 0 Å². The van der Waals surface area contributed by atoms with Crippen molar-refractivity contribution < 1.29 is 9.90 Å². The molecule has 0 unspecified atom stereocenters. The molecule has 0 fully saturated rings. The van der Waals surface area contributed by atoms with Crippen molar-refractivity contribution in [3.8, 4) is 17.0 Å². The third-order valence-electron chi connectivity index (χ3n) is 2.90. The van der Waals surface area contributed by atoms with E-state index in [-0.39, 0.29) is 16.8 Å². The summed E-state index contributed by atoms with van der Waals surface area (Å²) in [5.41, 5.74) is 7.45. The van der Waals surface area contributed by atoms with Crippen molar-refractivity contribution in [1.29, 1.82) is 0 Å². The van der Waals surface area contributed by atoms with E-state index in [9.17, 15) is 9.90 Å². The fourth-order valence-electron chi connectivity index (χ4n) is 1.97. The topological polar surface area (TPSA) is 102 Å². The number of benzene rings is 1. The van der Waals surface area contributed by atoms with Crippen LogP contribution < -0.4 is 5.73 Å². The molecule has 0 aliphatic carbocycles. The molecule has 0 aliphatic heterocycles. The van der Waals surface area contributed by atoms with Crippen molar-refractivity contribution in [3.05, 3.63) is 48.4 Å². The number of nitrogens with two attached hydrogens (primary N) is 1. The normalized spacial score (nSPS) is 10.6. The molecule has 6 heteroatoms. The maximum absolute atomic E-state index is 11.4. The summed E-state index contributed by atoms with van der Waals surface area (Å²) in [6, 6.07) is 6.62. The molecule has 0 saturated heterocycles. The average molecular weight is 266 g/mol. The minimum absolute atomic E-state index is 0.0206. The zero-order chi connectivity index (χ0) is 14.1. The van der Waals surface area contributed by atoms with E-state index in [2.05, 4.69) is 15.0 Å². The van der Waals surface area contributed by atoms with Crippen LogP contribution in [0.4, 0.5) is 0 Å². The minimum atomic E-state index is -0.739. The number of carbonyl (C=O) groups is 1. The number of rotatable bonds is 2. The molecule has 3 N–H and O–H groups in total. The van der Waals surface area contributed by atoms with Crippen molar-refractivity contribution in [2.75, 3.05) is 0 Å². The minimum Gasteiger partial charge on any atom is -0.507 e. The molecule has 1 amide bonds. The van der Waals surface area contributed by atoms with E-state index in [0.717, 1.165) is 5.56 Å². The van der Waals surface area contributed by atoms with Crippen LogP contribution in [0.25, 0.3) is 22.3 Å². The van der Waals surface area contributed by atoms with E-state index in [1.807, 2.05) is 6.07 Å². The van der Waals surface area contributed by atoms with Gasteiger partial charge in [-0.2, -0.15) is 0 Å². The lowest BCUT2D eigenvalue weighted by Crippen LogP contribution is -2.12. The van der Waals surface area contributed by atoms with E-state index in [1.54, 1.807) is 24.5 Å². The predicted molar refractivity (Wildman–Crippen MR) is 73.0 cm³/mol. The summed E-state index contributed by atoms with van der Waals surface area (Å²) in [6.45, 7) is 0. The van der Waals surface area contributed by atoms with Gasteiger partial charge in [0.15, 0.2) is 0 Å². The van der Waals surface area contributed by atoms with Crippen LogP contribution in [0.15, 0.2) is 42.9 Å². The van der Waals surface area contributed by atoms with Crippen LogP contribution in [0.2, 0.25) is 0 Å². The lowest BCUT2D eigenvalue weighted by molar-refractivity contribution is 0.0999. The number of carbonyl (C=O) groups excluding carboxylic acids is 1. The van der Waals surface area contributed by atoms with E-state index < -0.39 is 5.91 Å². The number of phenols is 1. The number of aromatic nitrogens is 3. The zero-order valence-corrected chi connectivity index (χ0v) is 10.3. The van der Waals surface area contributed by atoms with Crippen molar-refractivity contribution in [2.45, 2.75) is 0 Å². The summed E-state index contributed by atoms with van der Waals surface area (Å²) < 4.78 is 0. The zero-order valence-electron chi connectivity index (χ0n) is 10.3. The van der Waals surface area contributed by atoms with Gasteiger partial charge in [0.2, 0.25) is 0 Å². The summed E-state index contributed by atoms with van der Waals surface area (Å²) >= 11 is 0. The molecule has 0 bridgehead atoms. The molecule has 2 aromatic heterocycles. The molecule has 0 spiro atoms. The predicted octanol–water partition coefficient (Wildman–Crippen LogP) is 1.50. The molecule has 0 atom stereocenters. The second-order valence-corrected chi connectivity index (χ2v) is 4.19. The van der Waals surface area contributed by atoms with Gasteiger partial charge in [0.05, 0.1) is 17.4 Å². The number of primary amides is 1. The number of pyridine rings is 1. The number of fused-ring (bicyclic) bond motifs is 1. The molecule has 6 nitrogen and oxygen atoms in total. The highest BCUT2D eigenvalue weighted by Crippen LogP contribution is 2.26. The second kappa shape index (κ2) is 4.58. The Balaban J connectivity index is 2.24. The summed E-state index contributed by atoms with van der Waals surface area (Å²) in [6.07, 6.45) is 4.86. The van der Waals surface area contributed by atoms with Gasteiger partial charge in [0.1, 0.15) is 16.8 Å². The van der Waals surface area contributed by atoms with Crippen LogP contribution in [0.5, 0.6) is 5.75 Å². The number of amides is 1. The van der Waals surface area contributed by atoms with Gasteiger partial charge in [-0.25, -0.2) is 4.98 Å². The van der Waals surface area contributed by atoms with Crippen LogP contribution >= 0.6 is 0 Å². The molecular weight excluding hydrogens is 256 g/mol. The molecule has 0 saturated carbocycles. The van der Waals surface area contributed by atoms with Gasteiger partial charge in [-0.05, 0) is 24.3 Å². The molecule has 20 heavy (non-hydrogen) atoms. The number of nitrogens with zero attached hydrogens (tertiary/aromatic N) is 3. The first-order valence-electron chi connectivity index (χ1n) is 5.86. The third-order valence-corrected chi connectivity index (χ3v) is 2.90. The quantitative estimate of drug-likeness (QED) is 0.731. The first kappa shape index (κ1) is 12.0. The number of hydrogen-bond donors (Lipinski definition) is 2. The van der Waals surface area contributed by atoms with Crippen molar-refractivity contribution in [2.24, 2.45) is 5.73 Å².